The van der Waals surface area contributed by atoms with E-state index in [4.69, 9.17) is 5.14 Å². The van der Waals surface area contributed by atoms with Gasteiger partial charge in [-0.05, 0) is 57.0 Å². The first kappa shape index (κ1) is 20.3. The minimum atomic E-state index is -3.94. The van der Waals surface area contributed by atoms with Crippen LogP contribution >= 0.6 is 12.4 Å². The van der Waals surface area contributed by atoms with E-state index in [0.717, 1.165) is 32.0 Å². The number of benzene rings is 1. The van der Waals surface area contributed by atoms with Crippen LogP contribution in [0.2, 0.25) is 0 Å². The van der Waals surface area contributed by atoms with Crippen molar-refractivity contribution in [1.82, 2.24) is 10.0 Å². The van der Waals surface area contributed by atoms with Crippen LogP contribution in [0.3, 0.4) is 0 Å². The van der Waals surface area contributed by atoms with Gasteiger partial charge in [0.15, 0.2) is 0 Å². The van der Waals surface area contributed by atoms with E-state index >= 15 is 0 Å². The fraction of sp³-hybridized carbons (Fsp3) is 0.538. The molecule has 0 spiro atoms. The summed E-state index contributed by atoms with van der Waals surface area (Å²) in [6, 6.07) is 4.81. The van der Waals surface area contributed by atoms with E-state index < -0.39 is 20.0 Å². The molecule has 7 nitrogen and oxygen atoms in total. The van der Waals surface area contributed by atoms with Crippen LogP contribution in [0.4, 0.5) is 0 Å². The van der Waals surface area contributed by atoms with Crippen LogP contribution in [0.25, 0.3) is 0 Å². The Hall–Kier alpha value is -0.710. The highest BCUT2D eigenvalue weighted by atomic mass is 35.5. The minimum Gasteiger partial charge on any atom is -0.316 e. The average molecular weight is 384 g/mol. The maximum Gasteiger partial charge on any atom is 0.240 e. The van der Waals surface area contributed by atoms with Crippen molar-refractivity contribution < 1.29 is 16.8 Å². The molecule has 0 saturated carbocycles. The standard InChI is InChI=1S/C13H21N3O4S2.ClH/c1-10(11-4-3-7-15-9-11)16-22(19,20)13-6-2-5-12(8-13)21(14,17)18;/h2,5-6,8,10-11,15-16H,3-4,7,9H2,1H3,(H2,14,17,18);1H. The van der Waals surface area contributed by atoms with Crippen LogP contribution in [0.15, 0.2) is 34.1 Å². The SMILES string of the molecule is CC(NS(=O)(=O)c1cccc(S(N)(=O)=O)c1)C1CCCNC1.Cl. The number of halogens is 1. The van der Waals surface area contributed by atoms with Gasteiger partial charge in [-0.15, -0.1) is 12.4 Å². The molecule has 1 saturated heterocycles. The lowest BCUT2D eigenvalue weighted by molar-refractivity contribution is 0.320. The predicted octanol–water partition coefficient (Wildman–Crippen LogP) is 0.422. The maximum atomic E-state index is 12.4. The van der Waals surface area contributed by atoms with Gasteiger partial charge in [0, 0.05) is 6.04 Å². The van der Waals surface area contributed by atoms with Crippen molar-refractivity contribution in [2.45, 2.75) is 35.6 Å². The molecule has 0 bridgehead atoms. The molecule has 1 aromatic carbocycles. The number of hydrogen-bond donors (Lipinski definition) is 3. The van der Waals surface area contributed by atoms with Crippen LogP contribution in [-0.2, 0) is 20.0 Å². The monoisotopic (exact) mass is 383 g/mol. The first-order chi connectivity index (χ1) is 10.2. The van der Waals surface area contributed by atoms with Gasteiger partial charge in [-0.3, -0.25) is 0 Å². The minimum absolute atomic E-state index is 0. The Morgan fingerprint density at radius 2 is 1.91 bits per heavy atom. The second-order valence-corrected chi connectivity index (χ2v) is 8.81. The van der Waals surface area contributed by atoms with Gasteiger partial charge in [0.2, 0.25) is 20.0 Å². The summed E-state index contributed by atoms with van der Waals surface area (Å²) in [5, 5.41) is 8.28. The van der Waals surface area contributed by atoms with E-state index in [0.29, 0.717) is 0 Å². The third-order valence-corrected chi connectivity index (χ3v) is 6.30. The van der Waals surface area contributed by atoms with E-state index in [2.05, 4.69) is 10.0 Å². The van der Waals surface area contributed by atoms with E-state index in [-0.39, 0.29) is 34.2 Å². The fourth-order valence-electron chi connectivity index (χ4n) is 2.53. The number of rotatable bonds is 5. The molecular weight excluding hydrogens is 362 g/mol. The topological polar surface area (TPSA) is 118 Å². The third-order valence-electron chi connectivity index (χ3n) is 3.83. The number of piperidine rings is 1. The summed E-state index contributed by atoms with van der Waals surface area (Å²) in [5.41, 5.74) is 0. The van der Waals surface area contributed by atoms with Crippen molar-refractivity contribution in [3.05, 3.63) is 24.3 Å². The Morgan fingerprint density at radius 3 is 2.48 bits per heavy atom. The Labute approximate surface area is 143 Å². The maximum absolute atomic E-state index is 12.4. The van der Waals surface area contributed by atoms with Crippen molar-refractivity contribution in [3.63, 3.8) is 0 Å². The Balaban J connectivity index is 0.00000264. The molecule has 23 heavy (non-hydrogen) atoms. The number of hydrogen-bond acceptors (Lipinski definition) is 5. The van der Waals surface area contributed by atoms with Crippen LogP contribution in [0.5, 0.6) is 0 Å². The summed E-state index contributed by atoms with van der Waals surface area (Å²) in [4.78, 5) is -0.322. The molecule has 1 fully saturated rings. The molecule has 10 heteroatoms. The van der Waals surface area contributed by atoms with Gasteiger partial charge in [0.25, 0.3) is 0 Å². The molecule has 0 aliphatic carbocycles. The van der Waals surface area contributed by atoms with Crippen LogP contribution in [0.1, 0.15) is 19.8 Å². The predicted molar refractivity (Wildman–Crippen MR) is 90.4 cm³/mol. The van der Waals surface area contributed by atoms with Gasteiger partial charge in [-0.25, -0.2) is 26.7 Å². The van der Waals surface area contributed by atoms with Crippen molar-refractivity contribution in [3.8, 4) is 0 Å². The molecule has 1 heterocycles. The second kappa shape index (κ2) is 7.91. The Morgan fingerprint density at radius 1 is 1.26 bits per heavy atom. The van der Waals surface area contributed by atoms with Gasteiger partial charge in [0.1, 0.15) is 0 Å². The van der Waals surface area contributed by atoms with E-state index in [9.17, 15) is 16.8 Å². The van der Waals surface area contributed by atoms with Gasteiger partial charge in [-0.1, -0.05) is 6.07 Å². The molecule has 0 aromatic heterocycles. The highest BCUT2D eigenvalue weighted by Crippen LogP contribution is 2.18. The summed E-state index contributed by atoms with van der Waals surface area (Å²) in [6.45, 7) is 3.53. The van der Waals surface area contributed by atoms with Crippen molar-refractivity contribution in [2.24, 2.45) is 11.1 Å². The first-order valence-corrected chi connectivity index (χ1v) is 10.1. The zero-order valence-corrected chi connectivity index (χ0v) is 15.2. The number of primary sulfonamides is 1. The van der Waals surface area contributed by atoms with Crippen LogP contribution in [-0.4, -0.2) is 36.0 Å². The second-order valence-electron chi connectivity index (χ2n) is 5.54. The van der Waals surface area contributed by atoms with Crippen LogP contribution < -0.4 is 15.2 Å². The molecule has 132 valence electrons. The van der Waals surface area contributed by atoms with Gasteiger partial charge >= 0.3 is 0 Å². The largest absolute Gasteiger partial charge is 0.316 e. The lowest BCUT2D eigenvalue weighted by Gasteiger charge is -2.28. The fourth-order valence-corrected chi connectivity index (χ4v) is 4.52. The number of nitrogens with two attached hydrogens (primary N) is 1. The zero-order valence-electron chi connectivity index (χ0n) is 12.7. The lowest BCUT2D eigenvalue weighted by Crippen LogP contribution is -2.44. The number of nitrogens with one attached hydrogen (secondary N) is 2. The summed E-state index contributed by atoms with van der Waals surface area (Å²) in [5.74, 6) is 0.213. The van der Waals surface area contributed by atoms with Gasteiger partial charge in [0.05, 0.1) is 9.79 Å². The highest BCUT2D eigenvalue weighted by Gasteiger charge is 2.25. The normalized spacial score (nSPS) is 20.5. The third kappa shape index (κ3) is 5.40. The van der Waals surface area contributed by atoms with Gasteiger partial charge < -0.3 is 5.32 Å². The number of sulfonamides is 2. The van der Waals surface area contributed by atoms with E-state index in [1.807, 2.05) is 6.92 Å². The highest BCUT2D eigenvalue weighted by molar-refractivity contribution is 7.90. The molecule has 1 aromatic rings. The molecular formula is C13H22ClN3O4S2. The summed E-state index contributed by atoms with van der Waals surface area (Å²) >= 11 is 0. The summed E-state index contributed by atoms with van der Waals surface area (Å²) < 4.78 is 50.1. The molecule has 0 radical (unpaired) electrons. The molecule has 1 aliphatic heterocycles. The van der Waals surface area contributed by atoms with Crippen molar-refractivity contribution in [1.29, 1.82) is 0 Å². The van der Waals surface area contributed by atoms with Crippen molar-refractivity contribution >= 4 is 32.5 Å². The lowest BCUT2D eigenvalue weighted by atomic mass is 9.94. The summed E-state index contributed by atoms with van der Waals surface area (Å²) in [7, 11) is -7.73. The average Bonchev–Trinajstić information content (AvgIpc) is 2.47. The molecule has 2 unspecified atom stereocenters. The van der Waals surface area contributed by atoms with Crippen LogP contribution in [0, 0.1) is 5.92 Å². The Bertz CT molecular complexity index is 731. The van der Waals surface area contributed by atoms with Gasteiger partial charge in [-0.2, -0.15) is 0 Å². The summed E-state index contributed by atoms with van der Waals surface area (Å²) in [6.07, 6.45) is 1.96. The van der Waals surface area contributed by atoms with E-state index in [1.54, 1.807) is 0 Å². The van der Waals surface area contributed by atoms with E-state index in [1.165, 1.54) is 18.2 Å². The Kier molecular flexibility index (Phi) is 6.99. The molecule has 1 aliphatic rings. The zero-order chi connectivity index (χ0) is 16.4. The smallest absolute Gasteiger partial charge is 0.240 e. The first-order valence-electron chi connectivity index (χ1n) is 7.06. The molecule has 4 N–H and O–H groups in total. The van der Waals surface area contributed by atoms with Crippen molar-refractivity contribution in [2.75, 3.05) is 13.1 Å². The molecule has 2 atom stereocenters. The quantitative estimate of drug-likeness (QED) is 0.681. The molecule has 0 amide bonds. The molecule has 2 rings (SSSR count).